The first-order valence-electron chi connectivity index (χ1n) is 8.45. The van der Waals surface area contributed by atoms with Crippen molar-refractivity contribution in [3.8, 4) is 0 Å². The van der Waals surface area contributed by atoms with E-state index in [1.54, 1.807) is 0 Å². The number of unbranched alkanes of at least 4 members (excludes halogenated alkanes) is 2. The first kappa shape index (κ1) is 26.9. The van der Waals surface area contributed by atoms with E-state index in [9.17, 15) is 14.4 Å². The summed E-state index contributed by atoms with van der Waals surface area (Å²) in [6.45, 7) is 8.51. The SMILES string of the molecule is CCCCC(CC)CC(C(CC)CCCC)P(=O)(O)O.N.N. The minimum atomic E-state index is -3.99. The molecule has 5 nitrogen and oxygen atoms in total. The van der Waals surface area contributed by atoms with Crippen LogP contribution in [0.2, 0.25) is 0 Å². The summed E-state index contributed by atoms with van der Waals surface area (Å²) in [5.41, 5.74) is -0.430. The van der Waals surface area contributed by atoms with Crippen molar-refractivity contribution in [3.63, 3.8) is 0 Å². The second-order valence-electron chi connectivity index (χ2n) is 6.12. The van der Waals surface area contributed by atoms with Gasteiger partial charge in [-0.2, -0.15) is 0 Å². The van der Waals surface area contributed by atoms with Crippen LogP contribution in [0.5, 0.6) is 0 Å². The van der Waals surface area contributed by atoms with E-state index in [-0.39, 0.29) is 18.2 Å². The maximum absolute atomic E-state index is 11.9. The lowest BCUT2D eigenvalue weighted by molar-refractivity contribution is 0.282. The quantitative estimate of drug-likeness (QED) is 0.340. The van der Waals surface area contributed by atoms with Crippen molar-refractivity contribution in [1.29, 1.82) is 0 Å². The molecule has 0 heterocycles. The van der Waals surface area contributed by atoms with Crippen molar-refractivity contribution in [2.24, 2.45) is 11.8 Å². The van der Waals surface area contributed by atoms with Crippen molar-refractivity contribution < 1.29 is 14.4 Å². The highest BCUT2D eigenvalue weighted by Crippen LogP contribution is 2.50. The van der Waals surface area contributed by atoms with E-state index in [1.807, 2.05) is 0 Å². The van der Waals surface area contributed by atoms with Crippen LogP contribution in [0.4, 0.5) is 0 Å². The summed E-state index contributed by atoms with van der Waals surface area (Å²) < 4.78 is 11.9. The Morgan fingerprint density at radius 2 is 1.36 bits per heavy atom. The van der Waals surface area contributed by atoms with Crippen LogP contribution < -0.4 is 12.3 Å². The maximum atomic E-state index is 11.9. The normalized spacial score (nSPS) is 15.4. The summed E-state index contributed by atoms with van der Waals surface area (Å²) in [4.78, 5) is 19.5. The van der Waals surface area contributed by atoms with Gasteiger partial charge in [0.05, 0.1) is 5.66 Å². The number of rotatable bonds is 12. The molecular weight excluding hydrogens is 299 g/mol. The highest BCUT2D eigenvalue weighted by molar-refractivity contribution is 7.52. The Bertz CT molecular complexity index is 285. The molecule has 8 N–H and O–H groups in total. The van der Waals surface area contributed by atoms with Gasteiger partial charge in [-0.25, -0.2) is 0 Å². The van der Waals surface area contributed by atoms with Crippen LogP contribution in [0.25, 0.3) is 0 Å². The molecule has 0 aromatic heterocycles. The van der Waals surface area contributed by atoms with Crippen molar-refractivity contribution in [2.75, 3.05) is 0 Å². The second kappa shape index (κ2) is 14.6. The van der Waals surface area contributed by atoms with Crippen molar-refractivity contribution >= 4 is 7.60 Å². The molecule has 22 heavy (non-hydrogen) atoms. The smallest absolute Gasteiger partial charge is 0.328 e. The molecule has 0 saturated carbocycles. The molecule has 0 aliphatic carbocycles. The summed E-state index contributed by atoms with van der Waals surface area (Å²) in [5.74, 6) is 0.634. The number of hydrogen-bond acceptors (Lipinski definition) is 3. The minimum Gasteiger partial charge on any atom is -0.344 e. The standard InChI is InChI=1S/C16H35O3P.2H3N/c1-5-9-11-14(7-3)13-16(20(17,18)19)15(8-4)12-10-6-2;;/h14-16H,5-13H2,1-4H3,(H2,17,18,19);2*1H3. The lowest BCUT2D eigenvalue weighted by Crippen LogP contribution is -2.24. The fraction of sp³-hybridized carbons (Fsp3) is 1.00. The molecule has 0 spiro atoms. The largest absolute Gasteiger partial charge is 0.344 e. The van der Waals surface area contributed by atoms with Crippen LogP contribution in [0, 0.1) is 11.8 Å². The lowest BCUT2D eigenvalue weighted by atomic mass is 9.86. The highest BCUT2D eigenvalue weighted by Gasteiger charge is 2.36. The highest BCUT2D eigenvalue weighted by atomic mass is 31.2. The molecule has 0 aromatic carbocycles. The summed E-state index contributed by atoms with van der Waals surface area (Å²) in [6.07, 6.45) is 9.14. The third-order valence-corrected chi connectivity index (χ3v) is 6.04. The van der Waals surface area contributed by atoms with Gasteiger partial charge in [0.2, 0.25) is 0 Å². The van der Waals surface area contributed by atoms with Gasteiger partial charge in [0.15, 0.2) is 0 Å². The van der Waals surface area contributed by atoms with Gasteiger partial charge in [-0.15, -0.1) is 0 Å². The summed E-state index contributed by atoms with van der Waals surface area (Å²) in [7, 11) is -3.99. The van der Waals surface area contributed by atoms with E-state index in [0.29, 0.717) is 12.3 Å². The van der Waals surface area contributed by atoms with Crippen LogP contribution in [0.1, 0.15) is 85.5 Å². The van der Waals surface area contributed by atoms with Crippen LogP contribution in [0.3, 0.4) is 0 Å². The average molecular weight is 340 g/mol. The molecule has 0 aliphatic heterocycles. The second-order valence-corrected chi connectivity index (χ2v) is 7.96. The van der Waals surface area contributed by atoms with E-state index in [2.05, 4.69) is 27.7 Å². The van der Waals surface area contributed by atoms with Crippen LogP contribution in [-0.2, 0) is 4.57 Å². The first-order chi connectivity index (χ1) is 9.40. The Kier molecular flexibility index (Phi) is 17.9. The molecule has 138 valence electrons. The molecule has 0 aliphatic rings. The van der Waals surface area contributed by atoms with Gasteiger partial charge in [0.25, 0.3) is 0 Å². The third-order valence-electron chi connectivity index (χ3n) is 4.55. The summed E-state index contributed by atoms with van der Waals surface area (Å²) in [5, 5.41) is 0. The summed E-state index contributed by atoms with van der Waals surface area (Å²) in [6, 6.07) is 0. The Morgan fingerprint density at radius 3 is 1.73 bits per heavy atom. The third kappa shape index (κ3) is 10.7. The summed E-state index contributed by atoms with van der Waals surface area (Å²) >= 11 is 0. The zero-order valence-electron chi connectivity index (χ0n) is 15.3. The fourth-order valence-electron chi connectivity index (χ4n) is 3.06. The predicted octanol–water partition coefficient (Wildman–Crippen LogP) is 5.68. The zero-order valence-corrected chi connectivity index (χ0v) is 16.2. The maximum Gasteiger partial charge on any atom is 0.328 e. The van der Waals surface area contributed by atoms with Crippen LogP contribution in [0.15, 0.2) is 0 Å². The molecule has 0 rings (SSSR count). The van der Waals surface area contributed by atoms with Gasteiger partial charge >= 0.3 is 7.60 Å². The Labute approximate surface area is 138 Å². The minimum absolute atomic E-state index is 0. The van der Waals surface area contributed by atoms with Gasteiger partial charge in [0, 0.05) is 0 Å². The number of hydrogen-bond donors (Lipinski definition) is 4. The lowest BCUT2D eigenvalue weighted by Gasteiger charge is -2.30. The molecule has 0 bridgehead atoms. The topological polar surface area (TPSA) is 128 Å². The van der Waals surface area contributed by atoms with Gasteiger partial charge in [-0.05, 0) is 24.7 Å². The van der Waals surface area contributed by atoms with E-state index < -0.39 is 13.3 Å². The monoisotopic (exact) mass is 340 g/mol. The molecule has 0 radical (unpaired) electrons. The molecule has 0 saturated heterocycles. The molecule has 0 fully saturated rings. The Balaban J connectivity index is -0.00000180. The first-order valence-corrected chi connectivity index (χ1v) is 10.1. The fourth-order valence-corrected chi connectivity index (χ4v) is 4.54. The Hall–Kier alpha value is 0.0700. The van der Waals surface area contributed by atoms with Crippen LogP contribution in [-0.4, -0.2) is 15.4 Å². The van der Waals surface area contributed by atoms with E-state index in [1.165, 1.54) is 0 Å². The van der Waals surface area contributed by atoms with Gasteiger partial charge in [-0.3, -0.25) is 4.57 Å². The van der Waals surface area contributed by atoms with Crippen LogP contribution >= 0.6 is 7.60 Å². The molecule has 0 aromatic rings. The molecular formula is C16H41N2O3P. The van der Waals surface area contributed by atoms with Crippen molar-refractivity contribution in [3.05, 3.63) is 0 Å². The predicted molar refractivity (Wildman–Crippen MR) is 97.1 cm³/mol. The van der Waals surface area contributed by atoms with Gasteiger partial charge in [-0.1, -0.05) is 72.6 Å². The molecule has 6 heteroatoms. The van der Waals surface area contributed by atoms with E-state index in [0.717, 1.165) is 51.4 Å². The van der Waals surface area contributed by atoms with Crippen molar-refractivity contribution in [1.82, 2.24) is 12.3 Å². The van der Waals surface area contributed by atoms with E-state index in [4.69, 9.17) is 0 Å². The van der Waals surface area contributed by atoms with E-state index >= 15 is 0 Å². The molecule has 0 amide bonds. The van der Waals surface area contributed by atoms with Crippen molar-refractivity contribution in [2.45, 2.75) is 91.1 Å². The van der Waals surface area contributed by atoms with Gasteiger partial charge in [0.1, 0.15) is 0 Å². The molecule has 3 unspecified atom stereocenters. The Morgan fingerprint density at radius 1 is 0.864 bits per heavy atom. The zero-order chi connectivity index (χ0) is 15.6. The average Bonchev–Trinajstić information content (AvgIpc) is 2.40. The molecule has 3 atom stereocenters. The van der Waals surface area contributed by atoms with Gasteiger partial charge < -0.3 is 22.1 Å².